The van der Waals surface area contributed by atoms with Gasteiger partial charge in [-0.15, -0.1) is 0 Å². The first-order valence-electron chi connectivity index (χ1n) is 1.89. The van der Waals surface area contributed by atoms with Gasteiger partial charge in [0.2, 0.25) is 0 Å². The standard InChI is InChI=1S/C3H5IN2O/c4-2-1-6-3(5)7-2/h2H,1H2,(H2,5,6)/t2-/m0/s1. The molecule has 0 saturated carbocycles. The van der Waals surface area contributed by atoms with Crippen LogP contribution in [-0.2, 0) is 4.74 Å². The molecule has 1 aliphatic rings. The number of hydrogen-bond donors (Lipinski definition) is 1. The van der Waals surface area contributed by atoms with Crippen LogP contribution < -0.4 is 5.73 Å². The summed E-state index contributed by atoms with van der Waals surface area (Å²) in [5.74, 6) is 0. The smallest absolute Gasteiger partial charge is 0.283 e. The number of hydrogen-bond acceptors (Lipinski definition) is 3. The predicted molar refractivity (Wildman–Crippen MR) is 35.4 cm³/mol. The summed E-state index contributed by atoms with van der Waals surface area (Å²) in [5.41, 5.74) is 5.15. The van der Waals surface area contributed by atoms with Crippen LogP contribution in [0.4, 0.5) is 0 Å². The molecular weight excluding hydrogens is 207 g/mol. The van der Waals surface area contributed by atoms with Crippen LogP contribution in [-0.4, -0.2) is 16.7 Å². The van der Waals surface area contributed by atoms with Crippen molar-refractivity contribution in [1.29, 1.82) is 0 Å². The Morgan fingerprint density at radius 3 is 2.86 bits per heavy atom. The van der Waals surface area contributed by atoms with Crippen molar-refractivity contribution in [2.45, 2.75) is 4.11 Å². The lowest BCUT2D eigenvalue weighted by molar-refractivity contribution is 0.324. The average molecular weight is 212 g/mol. The van der Waals surface area contributed by atoms with E-state index in [-0.39, 0.29) is 4.11 Å². The van der Waals surface area contributed by atoms with Crippen LogP contribution in [0.15, 0.2) is 4.99 Å². The van der Waals surface area contributed by atoms with Crippen molar-refractivity contribution in [3.63, 3.8) is 0 Å². The van der Waals surface area contributed by atoms with Crippen molar-refractivity contribution in [2.75, 3.05) is 6.54 Å². The maximum atomic E-state index is 5.15. The zero-order valence-electron chi connectivity index (χ0n) is 3.60. The predicted octanol–water partition coefficient (Wildman–Crippen LogP) is 0.0924. The fourth-order valence-electron chi connectivity index (χ4n) is 0.367. The van der Waals surface area contributed by atoms with E-state index >= 15 is 0 Å². The maximum Gasteiger partial charge on any atom is 0.283 e. The van der Waals surface area contributed by atoms with Crippen molar-refractivity contribution in [3.05, 3.63) is 0 Å². The highest BCUT2D eigenvalue weighted by atomic mass is 127. The molecule has 0 radical (unpaired) electrons. The summed E-state index contributed by atoms with van der Waals surface area (Å²) in [6, 6.07) is 0.319. The first-order valence-corrected chi connectivity index (χ1v) is 3.14. The molecule has 4 heteroatoms. The van der Waals surface area contributed by atoms with Crippen LogP contribution in [0.3, 0.4) is 0 Å². The first kappa shape index (κ1) is 5.14. The molecule has 1 rings (SSSR count). The fourth-order valence-corrected chi connectivity index (χ4v) is 0.825. The topological polar surface area (TPSA) is 47.6 Å². The number of nitrogens with two attached hydrogens (primary N) is 1. The lowest BCUT2D eigenvalue weighted by Crippen LogP contribution is -2.13. The third kappa shape index (κ3) is 1.19. The van der Waals surface area contributed by atoms with Gasteiger partial charge in [0.05, 0.1) is 6.54 Å². The van der Waals surface area contributed by atoms with Gasteiger partial charge in [-0.25, -0.2) is 4.99 Å². The maximum absolute atomic E-state index is 5.15. The van der Waals surface area contributed by atoms with Gasteiger partial charge in [0.1, 0.15) is 0 Å². The molecule has 0 aromatic carbocycles. The minimum atomic E-state index is 0.164. The monoisotopic (exact) mass is 212 g/mol. The number of nitrogens with zero attached hydrogens (tertiary/aromatic N) is 1. The molecule has 7 heavy (non-hydrogen) atoms. The summed E-state index contributed by atoms with van der Waals surface area (Å²) in [6.07, 6.45) is 0. The van der Waals surface area contributed by atoms with Gasteiger partial charge in [-0.2, -0.15) is 0 Å². The van der Waals surface area contributed by atoms with Gasteiger partial charge in [0.25, 0.3) is 6.02 Å². The molecule has 40 valence electrons. The van der Waals surface area contributed by atoms with Crippen LogP contribution in [0.2, 0.25) is 0 Å². The van der Waals surface area contributed by atoms with Crippen LogP contribution in [0.1, 0.15) is 0 Å². The van der Waals surface area contributed by atoms with Crippen molar-refractivity contribution in [1.82, 2.24) is 0 Å². The van der Waals surface area contributed by atoms with Gasteiger partial charge in [-0.1, -0.05) is 0 Å². The minimum absolute atomic E-state index is 0.164. The Kier molecular flexibility index (Phi) is 1.36. The van der Waals surface area contributed by atoms with E-state index in [9.17, 15) is 0 Å². The zero-order valence-corrected chi connectivity index (χ0v) is 5.75. The highest BCUT2D eigenvalue weighted by Gasteiger charge is 2.11. The lowest BCUT2D eigenvalue weighted by atomic mass is 10.8. The first-order chi connectivity index (χ1) is 3.29. The van der Waals surface area contributed by atoms with Crippen molar-refractivity contribution >= 4 is 28.6 Å². The Labute approximate surface area is 55.1 Å². The highest BCUT2D eigenvalue weighted by Crippen LogP contribution is 2.07. The highest BCUT2D eigenvalue weighted by molar-refractivity contribution is 14.1. The number of amidine groups is 1. The van der Waals surface area contributed by atoms with Crippen molar-refractivity contribution in [3.8, 4) is 0 Å². The SMILES string of the molecule is NC1=NC[C@@H](I)O1. The number of aliphatic imine (C=N–C) groups is 1. The molecule has 0 bridgehead atoms. The van der Waals surface area contributed by atoms with E-state index in [0.717, 1.165) is 0 Å². The Hall–Kier alpha value is -0.0000000000000000555. The molecule has 0 aromatic rings. The molecule has 0 saturated heterocycles. The van der Waals surface area contributed by atoms with Crippen molar-refractivity contribution < 1.29 is 4.74 Å². The number of halogens is 1. The van der Waals surface area contributed by atoms with E-state index in [2.05, 4.69) is 27.6 Å². The van der Waals surface area contributed by atoms with Crippen molar-refractivity contribution in [2.24, 2.45) is 10.7 Å². The van der Waals surface area contributed by atoms with E-state index in [4.69, 9.17) is 10.5 Å². The van der Waals surface area contributed by atoms with Gasteiger partial charge in [-0.05, 0) is 22.6 Å². The van der Waals surface area contributed by atoms with E-state index < -0.39 is 0 Å². The number of ether oxygens (including phenoxy) is 1. The number of rotatable bonds is 0. The summed E-state index contributed by atoms with van der Waals surface area (Å²) in [7, 11) is 0. The molecule has 0 spiro atoms. The Morgan fingerprint density at radius 2 is 2.71 bits per heavy atom. The lowest BCUT2D eigenvalue weighted by Gasteiger charge is -1.96. The second-order valence-electron chi connectivity index (χ2n) is 1.21. The average Bonchev–Trinajstić information content (AvgIpc) is 1.87. The van der Waals surface area contributed by atoms with Gasteiger partial charge in [-0.3, -0.25) is 0 Å². The molecule has 2 N–H and O–H groups in total. The summed E-state index contributed by atoms with van der Waals surface area (Å²) >= 11 is 2.13. The van der Waals surface area contributed by atoms with Crippen LogP contribution in [0.5, 0.6) is 0 Å². The number of alkyl halides is 1. The van der Waals surface area contributed by atoms with E-state index in [0.29, 0.717) is 12.6 Å². The van der Waals surface area contributed by atoms with E-state index in [1.54, 1.807) is 0 Å². The quantitative estimate of drug-likeness (QED) is 0.457. The van der Waals surface area contributed by atoms with Gasteiger partial charge in [0, 0.05) is 0 Å². The van der Waals surface area contributed by atoms with E-state index in [1.165, 1.54) is 0 Å². The van der Waals surface area contributed by atoms with Gasteiger partial charge < -0.3 is 10.5 Å². The van der Waals surface area contributed by atoms with Crippen LogP contribution >= 0.6 is 22.6 Å². The summed E-state index contributed by atoms with van der Waals surface area (Å²) in [5, 5.41) is 0. The molecule has 0 fully saturated rings. The summed E-state index contributed by atoms with van der Waals surface area (Å²) < 4.78 is 5.04. The van der Waals surface area contributed by atoms with Crippen LogP contribution in [0, 0.1) is 0 Å². The second-order valence-corrected chi connectivity index (χ2v) is 2.60. The molecule has 3 nitrogen and oxygen atoms in total. The van der Waals surface area contributed by atoms with Gasteiger partial charge in [0.15, 0.2) is 4.11 Å². The normalized spacial score (nSPS) is 29.3. The Bertz CT molecular complexity index is 103. The molecule has 0 aliphatic carbocycles. The third-order valence-electron chi connectivity index (χ3n) is 0.639. The molecule has 1 heterocycles. The van der Waals surface area contributed by atoms with Crippen LogP contribution in [0.25, 0.3) is 0 Å². The molecular formula is C3H5IN2O. The Morgan fingerprint density at radius 1 is 2.00 bits per heavy atom. The zero-order chi connectivity index (χ0) is 5.28. The summed E-state index contributed by atoms with van der Waals surface area (Å²) in [6.45, 7) is 0.701. The van der Waals surface area contributed by atoms with E-state index in [1.807, 2.05) is 0 Å². The third-order valence-corrected chi connectivity index (χ3v) is 1.29. The molecule has 1 atom stereocenters. The molecule has 1 aliphatic heterocycles. The van der Waals surface area contributed by atoms with Gasteiger partial charge >= 0.3 is 0 Å². The minimum Gasteiger partial charge on any atom is -0.449 e. The fraction of sp³-hybridized carbons (Fsp3) is 0.667. The Balaban J connectivity index is 2.42. The summed E-state index contributed by atoms with van der Waals surface area (Å²) in [4.78, 5) is 3.78. The molecule has 0 unspecified atom stereocenters. The largest absolute Gasteiger partial charge is 0.449 e. The molecule has 0 aromatic heterocycles. The molecule has 0 amide bonds. The second kappa shape index (κ2) is 1.85.